The topological polar surface area (TPSA) is 75.7 Å². The summed E-state index contributed by atoms with van der Waals surface area (Å²) >= 11 is 0. The zero-order chi connectivity index (χ0) is 17.7. The summed E-state index contributed by atoms with van der Waals surface area (Å²) < 4.78 is 25.3. The minimum Gasteiger partial charge on any atom is -0.322 e. The van der Waals surface area contributed by atoms with Gasteiger partial charge in [0.15, 0.2) is 0 Å². The Morgan fingerprint density at radius 3 is 2.54 bits per heavy atom. The second kappa shape index (κ2) is 7.57. The first-order valence-corrected chi connectivity index (χ1v) is 8.86. The highest BCUT2D eigenvalue weighted by Crippen LogP contribution is 2.19. The Balaban J connectivity index is 2.30. The van der Waals surface area contributed by atoms with Crippen LogP contribution in [0.4, 0.5) is 5.69 Å². The molecule has 2 aromatic rings. The molecule has 2 rings (SSSR count). The van der Waals surface area contributed by atoms with Crippen LogP contribution in [0.1, 0.15) is 22.8 Å². The Labute approximate surface area is 142 Å². The van der Waals surface area contributed by atoms with Crippen LogP contribution in [0.3, 0.4) is 0 Å². The zero-order valence-electron chi connectivity index (χ0n) is 13.8. The number of sulfonamides is 1. The highest BCUT2D eigenvalue weighted by atomic mass is 32.2. The number of carbonyl (C=O) groups is 1. The predicted molar refractivity (Wildman–Crippen MR) is 92.2 cm³/mol. The van der Waals surface area contributed by atoms with Gasteiger partial charge < -0.3 is 5.32 Å². The number of anilines is 1. The lowest BCUT2D eigenvalue weighted by Gasteiger charge is -2.15. The van der Waals surface area contributed by atoms with E-state index in [1.807, 2.05) is 31.2 Å². The van der Waals surface area contributed by atoms with Crippen molar-refractivity contribution in [2.24, 2.45) is 0 Å². The maximum absolute atomic E-state index is 12.5. The largest absolute Gasteiger partial charge is 0.322 e. The summed E-state index contributed by atoms with van der Waals surface area (Å²) in [5.41, 5.74) is 1.98. The van der Waals surface area contributed by atoms with Crippen LogP contribution in [0.15, 0.2) is 53.4 Å². The van der Waals surface area contributed by atoms with Crippen LogP contribution in [-0.4, -0.2) is 33.0 Å². The van der Waals surface area contributed by atoms with E-state index in [1.165, 1.54) is 32.4 Å². The Bertz CT molecular complexity index is 834. The molecule has 0 heterocycles. The van der Waals surface area contributed by atoms with Crippen molar-refractivity contribution < 1.29 is 18.0 Å². The van der Waals surface area contributed by atoms with Crippen molar-refractivity contribution in [2.45, 2.75) is 18.2 Å². The molecule has 0 aliphatic rings. The Morgan fingerprint density at radius 1 is 1.17 bits per heavy atom. The van der Waals surface area contributed by atoms with E-state index < -0.39 is 10.0 Å². The predicted octanol–water partition coefficient (Wildman–Crippen LogP) is 2.68. The number of para-hydroxylation sites is 1. The lowest BCUT2D eigenvalue weighted by molar-refractivity contribution is -0.0258. The molecular weight excluding hydrogens is 328 g/mol. The van der Waals surface area contributed by atoms with Crippen LogP contribution in [0.25, 0.3) is 0 Å². The Hall–Kier alpha value is -2.22. The number of nitrogens with zero attached hydrogens (tertiary/aromatic N) is 1. The first-order valence-electron chi connectivity index (χ1n) is 7.42. The van der Waals surface area contributed by atoms with E-state index in [2.05, 4.69) is 5.32 Å². The number of hydrogen-bond acceptors (Lipinski definition) is 4. The monoisotopic (exact) mass is 348 g/mol. The first-order chi connectivity index (χ1) is 11.4. The number of benzene rings is 2. The number of amides is 1. The average molecular weight is 348 g/mol. The van der Waals surface area contributed by atoms with Gasteiger partial charge in [-0.3, -0.25) is 9.63 Å². The van der Waals surface area contributed by atoms with Crippen LogP contribution in [-0.2, 0) is 21.3 Å². The molecule has 0 aromatic heterocycles. The molecule has 24 heavy (non-hydrogen) atoms. The van der Waals surface area contributed by atoms with E-state index in [1.54, 1.807) is 6.07 Å². The van der Waals surface area contributed by atoms with Gasteiger partial charge in [-0.25, -0.2) is 8.42 Å². The van der Waals surface area contributed by atoms with Gasteiger partial charge >= 0.3 is 0 Å². The van der Waals surface area contributed by atoms with Gasteiger partial charge in [0.1, 0.15) is 0 Å². The second-order valence-corrected chi connectivity index (χ2v) is 7.03. The molecule has 1 N–H and O–H groups in total. The molecule has 0 unspecified atom stereocenters. The lowest BCUT2D eigenvalue weighted by Crippen LogP contribution is -2.26. The van der Waals surface area contributed by atoms with Crippen LogP contribution >= 0.6 is 0 Å². The molecule has 7 heteroatoms. The molecule has 0 saturated carbocycles. The molecule has 0 aliphatic carbocycles. The van der Waals surface area contributed by atoms with Crippen molar-refractivity contribution in [3.63, 3.8) is 0 Å². The third-order valence-corrected chi connectivity index (χ3v) is 5.31. The number of nitrogens with one attached hydrogen (secondary N) is 1. The molecule has 0 atom stereocenters. The molecule has 0 fully saturated rings. The van der Waals surface area contributed by atoms with Crippen molar-refractivity contribution in [1.82, 2.24) is 4.47 Å². The van der Waals surface area contributed by atoms with Crippen LogP contribution in [0.5, 0.6) is 0 Å². The number of hydroxylamine groups is 1. The molecule has 6 nitrogen and oxygen atoms in total. The van der Waals surface area contributed by atoms with Crippen molar-refractivity contribution in [1.29, 1.82) is 0 Å². The van der Waals surface area contributed by atoms with Crippen LogP contribution in [0, 0.1) is 0 Å². The summed E-state index contributed by atoms with van der Waals surface area (Å²) in [5.74, 6) is -0.368. The van der Waals surface area contributed by atoms with Gasteiger partial charge in [-0.15, -0.1) is 0 Å². The van der Waals surface area contributed by atoms with Crippen LogP contribution in [0.2, 0.25) is 0 Å². The summed E-state index contributed by atoms with van der Waals surface area (Å²) in [4.78, 5) is 17.2. The minimum absolute atomic E-state index is 0.0109. The summed E-state index contributed by atoms with van der Waals surface area (Å²) in [6.07, 6.45) is 0.781. The van der Waals surface area contributed by atoms with E-state index in [4.69, 9.17) is 4.84 Å². The van der Waals surface area contributed by atoms with E-state index in [-0.39, 0.29) is 16.4 Å². The van der Waals surface area contributed by atoms with Gasteiger partial charge in [-0.1, -0.05) is 35.7 Å². The van der Waals surface area contributed by atoms with Gasteiger partial charge in [0, 0.05) is 18.3 Å². The lowest BCUT2D eigenvalue weighted by atomic mass is 10.1. The summed E-state index contributed by atoms with van der Waals surface area (Å²) in [5, 5.41) is 2.82. The van der Waals surface area contributed by atoms with Crippen molar-refractivity contribution >= 4 is 21.6 Å². The highest BCUT2D eigenvalue weighted by Gasteiger charge is 2.22. The van der Waals surface area contributed by atoms with Crippen LogP contribution < -0.4 is 5.32 Å². The molecule has 2 aromatic carbocycles. The van der Waals surface area contributed by atoms with E-state index >= 15 is 0 Å². The Kier molecular flexibility index (Phi) is 5.71. The van der Waals surface area contributed by atoms with Gasteiger partial charge in [0.25, 0.3) is 15.9 Å². The second-order valence-electron chi connectivity index (χ2n) is 5.09. The fraction of sp³-hybridized carbons (Fsp3) is 0.235. The fourth-order valence-corrected chi connectivity index (χ4v) is 3.21. The molecule has 0 aliphatic heterocycles. The Morgan fingerprint density at radius 2 is 1.88 bits per heavy atom. The number of hydrogen-bond donors (Lipinski definition) is 1. The number of carbonyl (C=O) groups excluding carboxylic acids is 1. The van der Waals surface area contributed by atoms with Gasteiger partial charge in [-0.05, 0) is 36.2 Å². The smallest absolute Gasteiger partial charge is 0.264 e. The fourth-order valence-electron chi connectivity index (χ4n) is 2.19. The average Bonchev–Trinajstić information content (AvgIpc) is 2.61. The molecule has 0 bridgehead atoms. The molecule has 128 valence electrons. The third kappa shape index (κ3) is 3.81. The first kappa shape index (κ1) is 18.1. The van der Waals surface area contributed by atoms with Gasteiger partial charge in [0.2, 0.25) is 0 Å². The van der Waals surface area contributed by atoms with Crippen molar-refractivity contribution in [2.75, 3.05) is 19.5 Å². The third-order valence-electron chi connectivity index (χ3n) is 3.64. The van der Waals surface area contributed by atoms with E-state index in [0.29, 0.717) is 5.69 Å². The molecule has 1 amide bonds. The number of rotatable bonds is 6. The maximum atomic E-state index is 12.5. The minimum atomic E-state index is -3.80. The van der Waals surface area contributed by atoms with Gasteiger partial charge in [0.05, 0.1) is 12.0 Å². The van der Waals surface area contributed by atoms with E-state index in [9.17, 15) is 13.2 Å². The zero-order valence-corrected chi connectivity index (χ0v) is 14.6. The SMILES string of the molecule is CCc1ccccc1NC(=O)c1cccc(S(=O)(=O)N(C)OC)c1. The number of aryl methyl sites for hydroxylation is 1. The quantitative estimate of drug-likeness (QED) is 0.815. The van der Waals surface area contributed by atoms with Crippen molar-refractivity contribution in [3.8, 4) is 0 Å². The summed E-state index contributed by atoms with van der Waals surface area (Å²) in [6.45, 7) is 2.00. The summed E-state index contributed by atoms with van der Waals surface area (Å²) in [6, 6.07) is 13.3. The standard InChI is InChI=1S/C17H20N2O4S/c1-4-13-8-5-6-11-16(13)18-17(20)14-9-7-10-15(12-14)24(21,22)19(2)23-3/h5-12H,4H2,1-3H3,(H,18,20). The normalized spacial score (nSPS) is 11.5. The van der Waals surface area contributed by atoms with Crippen molar-refractivity contribution in [3.05, 3.63) is 59.7 Å². The highest BCUT2D eigenvalue weighted by molar-refractivity contribution is 7.89. The molecule has 0 spiro atoms. The van der Waals surface area contributed by atoms with E-state index in [0.717, 1.165) is 16.5 Å². The molecule has 0 saturated heterocycles. The molecular formula is C17H20N2O4S. The van der Waals surface area contributed by atoms with Gasteiger partial charge in [-0.2, -0.15) is 0 Å². The maximum Gasteiger partial charge on any atom is 0.264 e. The summed E-state index contributed by atoms with van der Waals surface area (Å²) in [7, 11) is -1.25. The molecule has 0 radical (unpaired) electrons.